The van der Waals surface area contributed by atoms with Crippen molar-refractivity contribution in [2.75, 3.05) is 13.6 Å². The van der Waals surface area contributed by atoms with Crippen LogP contribution >= 0.6 is 0 Å². The predicted octanol–water partition coefficient (Wildman–Crippen LogP) is -0.151. The van der Waals surface area contributed by atoms with E-state index in [0.29, 0.717) is 6.54 Å². The van der Waals surface area contributed by atoms with Gasteiger partial charge >= 0.3 is 6.09 Å². The molecule has 0 bridgehead atoms. The van der Waals surface area contributed by atoms with Gasteiger partial charge in [-0.3, -0.25) is 0 Å². The van der Waals surface area contributed by atoms with Crippen LogP contribution in [-0.4, -0.2) is 24.8 Å². The first kappa shape index (κ1) is 10.3. The van der Waals surface area contributed by atoms with Crippen molar-refractivity contribution in [1.82, 2.24) is 5.32 Å². The normalized spacial score (nSPS) is 6.38. The standard InChI is InChI=1S/C3H7NO2.CH5N/c1-2-4-3(5)6;1-2/h4H,2H2,1H3,(H,5,6);2H2,1H3. The zero-order valence-electron chi connectivity index (χ0n) is 5.14. The molecule has 0 saturated heterocycles. The molecule has 0 aromatic rings. The summed E-state index contributed by atoms with van der Waals surface area (Å²) in [5.41, 5.74) is 4.50. The van der Waals surface area contributed by atoms with E-state index >= 15 is 0 Å². The van der Waals surface area contributed by atoms with Gasteiger partial charge in [0.2, 0.25) is 0 Å². The number of nitrogens with one attached hydrogen (secondary N) is 1. The lowest BCUT2D eigenvalue weighted by Crippen LogP contribution is -2.19. The lowest BCUT2D eigenvalue weighted by atomic mass is 10.8. The van der Waals surface area contributed by atoms with Gasteiger partial charge in [0.1, 0.15) is 0 Å². The Labute approximate surface area is 48.7 Å². The summed E-state index contributed by atoms with van der Waals surface area (Å²) in [4.78, 5) is 9.49. The van der Waals surface area contributed by atoms with E-state index < -0.39 is 6.09 Å². The van der Waals surface area contributed by atoms with Crippen molar-refractivity contribution >= 4 is 6.09 Å². The quantitative estimate of drug-likeness (QED) is 0.450. The maximum atomic E-state index is 9.49. The second kappa shape index (κ2) is 9.52. The zero-order valence-corrected chi connectivity index (χ0v) is 5.14. The molecule has 0 fully saturated rings. The largest absolute Gasteiger partial charge is 0.465 e. The van der Waals surface area contributed by atoms with Gasteiger partial charge in [0.05, 0.1) is 0 Å². The topological polar surface area (TPSA) is 75.3 Å². The van der Waals surface area contributed by atoms with E-state index in [1.165, 1.54) is 7.05 Å². The average molecular weight is 120 g/mol. The molecule has 50 valence electrons. The molecular formula is C4H12N2O2. The summed E-state index contributed by atoms with van der Waals surface area (Å²) < 4.78 is 0. The van der Waals surface area contributed by atoms with Crippen LogP contribution in [0.2, 0.25) is 0 Å². The average Bonchev–Trinajstić information content (AvgIpc) is 1.72. The molecule has 1 amide bonds. The van der Waals surface area contributed by atoms with Crippen LogP contribution < -0.4 is 11.1 Å². The second-order valence-electron chi connectivity index (χ2n) is 0.835. The molecule has 0 heterocycles. The van der Waals surface area contributed by atoms with Crippen LogP contribution in [-0.2, 0) is 0 Å². The van der Waals surface area contributed by atoms with E-state index in [2.05, 4.69) is 11.1 Å². The van der Waals surface area contributed by atoms with Crippen molar-refractivity contribution in [3.05, 3.63) is 0 Å². The van der Waals surface area contributed by atoms with Gasteiger partial charge in [-0.2, -0.15) is 0 Å². The van der Waals surface area contributed by atoms with Crippen molar-refractivity contribution in [3.63, 3.8) is 0 Å². The van der Waals surface area contributed by atoms with Crippen molar-refractivity contribution in [3.8, 4) is 0 Å². The summed E-state index contributed by atoms with van der Waals surface area (Å²) in [6.07, 6.45) is -0.961. The fourth-order valence-corrected chi connectivity index (χ4v) is 0.151. The van der Waals surface area contributed by atoms with Crippen molar-refractivity contribution in [2.45, 2.75) is 6.92 Å². The third-order valence-corrected chi connectivity index (χ3v) is 0.328. The van der Waals surface area contributed by atoms with Crippen LogP contribution in [0.1, 0.15) is 6.92 Å². The Morgan fingerprint density at radius 3 is 2.12 bits per heavy atom. The number of hydrogen-bond donors (Lipinski definition) is 3. The Kier molecular flexibility index (Phi) is 12.2. The summed E-state index contributed by atoms with van der Waals surface area (Å²) in [7, 11) is 1.50. The third-order valence-electron chi connectivity index (χ3n) is 0.328. The summed E-state index contributed by atoms with van der Waals surface area (Å²) in [5, 5.41) is 9.93. The summed E-state index contributed by atoms with van der Waals surface area (Å²) in [6, 6.07) is 0. The molecule has 4 heteroatoms. The van der Waals surface area contributed by atoms with E-state index in [1.54, 1.807) is 6.92 Å². The fraction of sp³-hybridized carbons (Fsp3) is 0.750. The van der Waals surface area contributed by atoms with Gasteiger partial charge in [-0.25, -0.2) is 4.79 Å². The smallest absolute Gasteiger partial charge is 0.404 e. The molecule has 0 aromatic heterocycles. The van der Waals surface area contributed by atoms with Gasteiger partial charge in [0.15, 0.2) is 0 Å². The van der Waals surface area contributed by atoms with Crippen LogP contribution in [0.25, 0.3) is 0 Å². The van der Waals surface area contributed by atoms with Gasteiger partial charge in [-0.15, -0.1) is 0 Å². The first-order chi connectivity index (χ1) is 3.77. The van der Waals surface area contributed by atoms with Crippen LogP contribution in [0.5, 0.6) is 0 Å². The Morgan fingerprint density at radius 1 is 1.75 bits per heavy atom. The molecule has 4 N–H and O–H groups in total. The van der Waals surface area contributed by atoms with Gasteiger partial charge in [-0.1, -0.05) is 0 Å². The van der Waals surface area contributed by atoms with Crippen molar-refractivity contribution in [2.24, 2.45) is 5.73 Å². The molecule has 0 atom stereocenters. The molecule has 0 rings (SSSR count). The first-order valence-electron chi connectivity index (χ1n) is 2.32. The number of amides is 1. The SMILES string of the molecule is CCNC(=O)O.CN. The molecule has 8 heavy (non-hydrogen) atoms. The molecular weight excluding hydrogens is 108 g/mol. The minimum Gasteiger partial charge on any atom is -0.465 e. The number of nitrogens with two attached hydrogens (primary N) is 1. The van der Waals surface area contributed by atoms with E-state index in [9.17, 15) is 4.79 Å². The number of hydrogen-bond acceptors (Lipinski definition) is 2. The zero-order chi connectivity index (χ0) is 6.99. The lowest BCUT2D eigenvalue weighted by molar-refractivity contribution is 0.195. The highest BCUT2D eigenvalue weighted by molar-refractivity contribution is 5.64. The fourth-order valence-electron chi connectivity index (χ4n) is 0.151. The van der Waals surface area contributed by atoms with Gasteiger partial charge < -0.3 is 16.2 Å². The molecule has 0 aliphatic rings. The van der Waals surface area contributed by atoms with Crippen LogP contribution in [0.4, 0.5) is 4.79 Å². The van der Waals surface area contributed by atoms with Crippen LogP contribution in [0.3, 0.4) is 0 Å². The molecule has 0 aliphatic heterocycles. The minimum absolute atomic E-state index is 0.481. The van der Waals surface area contributed by atoms with E-state index in [1.807, 2.05) is 0 Å². The number of rotatable bonds is 1. The number of carboxylic acid groups (broad SMARTS) is 1. The Morgan fingerprint density at radius 2 is 2.12 bits per heavy atom. The Hall–Kier alpha value is -0.770. The van der Waals surface area contributed by atoms with Crippen LogP contribution in [0.15, 0.2) is 0 Å². The predicted molar refractivity (Wildman–Crippen MR) is 31.8 cm³/mol. The minimum atomic E-state index is -0.961. The molecule has 0 saturated carbocycles. The monoisotopic (exact) mass is 120 g/mol. The molecule has 0 radical (unpaired) electrons. The van der Waals surface area contributed by atoms with Crippen molar-refractivity contribution < 1.29 is 9.90 Å². The lowest BCUT2D eigenvalue weighted by Gasteiger charge is -1.87. The summed E-state index contributed by atoms with van der Waals surface area (Å²) >= 11 is 0. The molecule has 0 spiro atoms. The van der Waals surface area contributed by atoms with Gasteiger partial charge in [0, 0.05) is 6.54 Å². The maximum absolute atomic E-state index is 9.49. The highest BCUT2D eigenvalue weighted by Gasteiger charge is 1.82. The summed E-state index contributed by atoms with van der Waals surface area (Å²) in [5.74, 6) is 0. The maximum Gasteiger partial charge on any atom is 0.404 e. The molecule has 4 nitrogen and oxygen atoms in total. The van der Waals surface area contributed by atoms with Crippen LogP contribution in [0, 0.1) is 0 Å². The molecule has 0 aromatic carbocycles. The highest BCUT2D eigenvalue weighted by Crippen LogP contribution is 1.54. The Bertz CT molecular complexity index is 56.0. The first-order valence-corrected chi connectivity index (χ1v) is 2.32. The second-order valence-corrected chi connectivity index (χ2v) is 0.835. The van der Waals surface area contributed by atoms with E-state index in [-0.39, 0.29) is 0 Å². The van der Waals surface area contributed by atoms with Gasteiger partial charge in [-0.05, 0) is 14.0 Å². The Balaban J connectivity index is 0. The number of carbonyl (C=O) groups is 1. The molecule has 0 aliphatic carbocycles. The molecule has 0 unspecified atom stereocenters. The highest BCUT2D eigenvalue weighted by atomic mass is 16.4. The van der Waals surface area contributed by atoms with E-state index in [4.69, 9.17) is 5.11 Å². The third kappa shape index (κ3) is 18.8. The van der Waals surface area contributed by atoms with Crippen molar-refractivity contribution in [1.29, 1.82) is 0 Å². The van der Waals surface area contributed by atoms with Gasteiger partial charge in [0.25, 0.3) is 0 Å². The summed E-state index contributed by atoms with van der Waals surface area (Å²) in [6.45, 7) is 2.21. The van der Waals surface area contributed by atoms with E-state index in [0.717, 1.165) is 0 Å².